The fourth-order valence-electron chi connectivity index (χ4n) is 1.81. The number of nitrogens with zero attached hydrogens (tertiary/aromatic N) is 2. The summed E-state index contributed by atoms with van der Waals surface area (Å²) in [5, 5.41) is 2.81. The van der Waals surface area contributed by atoms with Crippen molar-refractivity contribution in [3.8, 4) is 0 Å². The molecule has 3 N–H and O–H groups in total. The number of nitrogen functional groups attached to an aromatic ring is 1. The molecule has 0 aliphatic carbocycles. The van der Waals surface area contributed by atoms with Crippen LogP contribution in [0.3, 0.4) is 0 Å². The zero-order valence-electron chi connectivity index (χ0n) is 10.5. The molecule has 5 heteroatoms. The van der Waals surface area contributed by atoms with Crippen LogP contribution < -0.4 is 11.1 Å². The largest absolute Gasteiger partial charge is 0.383 e. The normalized spacial score (nSPS) is 16.1. The van der Waals surface area contributed by atoms with Crippen LogP contribution in [0.15, 0.2) is 0 Å². The first-order chi connectivity index (χ1) is 7.88. The zero-order valence-corrected chi connectivity index (χ0v) is 10.5. The number of nitrogens with two attached hydrogens (primary N) is 1. The van der Waals surface area contributed by atoms with Gasteiger partial charge >= 0.3 is 0 Å². The van der Waals surface area contributed by atoms with E-state index in [-0.39, 0.29) is 11.3 Å². The number of carbonyl (C=O) groups is 1. The monoisotopic (exact) mass is 234 g/mol. The summed E-state index contributed by atoms with van der Waals surface area (Å²) in [6.07, 6.45) is 2.06. The lowest BCUT2D eigenvalue weighted by Crippen LogP contribution is -2.20. The van der Waals surface area contributed by atoms with Crippen molar-refractivity contribution >= 4 is 17.5 Å². The minimum Gasteiger partial charge on any atom is -0.383 e. The minimum absolute atomic E-state index is 0.00158. The van der Waals surface area contributed by atoms with Crippen LogP contribution in [0.2, 0.25) is 0 Å². The maximum absolute atomic E-state index is 11.5. The summed E-state index contributed by atoms with van der Waals surface area (Å²) in [5.74, 6) is 1.74. The smallest absolute Gasteiger partial charge is 0.225 e. The van der Waals surface area contributed by atoms with Crippen molar-refractivity contribution in [1.29, 1.82) is 0 Å². The molecule has 2 rings (SSSR count). The number of aromatic nitrogens is 2. The highest BCUT2D eigenvalue weighted by Crippen LogP contribution is 2.28. The Morgan fingerprint density at radius 2 is 1.94 bits per heavy atom. The molecule has 17 heavy (non-hydrogen) atoms. The van der Waals surface area contributed by atoms with Crippen LogP contribution in [0.4, 0.5) is 11.6 Å². The van der Waals surface area contributed by atoms with Gasteiger partial charge in [0.2, 0.25) is 5.91 Å². The first-order valence-electron chi connectivity index (χ1n) is 5.84. The molecule has 0 bridgehead atoms. The molecule has 1 aromatic rings. The highest BCUT2D eigenvalue weighted by atomic mass is 16.1. The van der Waals surface area contributed by atoms with Gasteiger partial charge in [0.1, 0.15) is 17.5 Å². The highest BCUT2D eigenvalue weighted by Gasteiger charge is 2.23. The Labute approximate surface area is 101 Å². The SMILES string of the molecule is CC(C)(C)c1nc(N)c2c(n1)NC(=O)CCC2. The van der Waals surface area contributed by atoms with Gasteiger partial charge in [-0.2, -0.15) is 0 Å². The topological polar surface area (TPSA) is 80.9 Å². The molecule has 0 radical (unpaired) electrons. The lowest BCUT2D eigenvalue weighted by molar-refractivity contribution is -0.116. The van der Waals surface area contributed by atoms with Crippen LogP contribution in [0, 0.1) is 0 Å². The Hall–Kier alpha value is -1.65. The molecule has 1 aliphatic heterocycles. The lowest BCUT2D eigenvalue weighted by atomic mass is 9.95. The number of carbonyl (C=O) groups excluding carboxylic acids is 1. The van der Waals surface area contributed by atoms with Gasteiger partial charge in [-0.15, -0.1) is 0 Å². The van der Waals surface area contributed by atoms with Gasteiger partial charge in [-0.25, -0.2) is 9.97 Å². The van der Waals surface area contributed by atoms with Crippen molar-refractivity contribution in [3.63, 3.8) is 0 Å². The van der Waals surface area contributed by atoms with Crippen LogP contribution in [-0.2, 0) is 16.6 Å². The Morgan fingerprint density at radius 1 is 1.24 bits per heavy atom. The van der Waals surface area contributed by atoms with E-state index in [0.29, 0.717) is 23.9 Å². The van der Waals surface area contributed by atoms with Crippen LogP contribution in [0.1, 0.15) is 45.0 Å². The second kappa shape index (κ2) is 3.98. The maximum atomic E-state index is 11.5. The van der Waals surface area contributed by atoms with Crippen molar-refractivity contribution in [3.05, 3.63) is 11.4 Å². The van der Waals surface area contributed by atoms with E-state index in [1.54, 1.807) is 0 Å². The number of rotatable bonds is 0. The zero-order chi connectivity index (χ0) is 12.6. The number of hydrogen-bond donors (Lipinski definition) is 2. The van der Waals surface area contributed by atoms with E-state index < -0.39 is 0 Å². The first kappa shape index (κ1) is 11.8. The van der Waals surface area contributed by atoms with Crippen molar-refractivity contribution < 1.29 is 4.79 Å². The first-order valence-corrected chi connectivity index (χ1v) is 5.84. The molecule has 1 aliphatic rings. The van der Waals surface area contributed by atoms with Gasteiger partial charge in [0.25, 0.3) is 0 Å². The molecule has 92 valence electrons. The fraction of sp³-hybridized carbons (Fsp3) is 0.583. The fourth-order valence-corrected chi connectivity index (χ4v) is 1.81. The molecule has 1 aromatic heterocycles. The number of amides is 1. The van der Waals surface area contributed by atoms with E-state index in [0.717, 1.165) is 18.4 Å². The van der Waals surface area contributed by atoms with E-state index in [2.05, 4.69) is 15.3 Å². The average molecular weight is 234 g/mol. The van der Waals surface area contributed by atoms with Crippen molar-refractivity contribution in [2.75, 3.05) is 11.1 Å². The number of hydrogen-bond acceptors (Lipinski definition) is 4. The summed E-state index contributed by atoms with van der Waals surface area (Å²) in [4.78, 5) is 20.3. The third kappa shape index (κ3) is 2.38. The lowest BCUT2D eigenvalue weighted by Gasteiger charge is -2.19. The predicted molar refractivity (Wildman–Crippen MR) is 66.7 cm³/mol. The van der Waals surface area contributed by atoms with Crippen molar-refractivity contribution in [2.24, 2.45) is 0 Å². The molecule has 5 nitrogen and oxygen atoms in total. The van der Waals surface area contributed by atoms with Gasteiger partial charge in [0, 0.05) is 17.4 Å². The molecular weight excluding hydrogens is 216 g/mol. The van der Waals surface area contributed by atoms with Crippen LogP contribution in [-0.4, -0.2) is 15.9 Å². The van der Waals surface area contributed by atoms with Crippen LogP contribution in [0.5, 0.6) is 0 Å². The number of fused-ring (bicyclic) bond motifs is 1. The predicted octanol–water partition coefficient (Wildman–Crippen LogP) is 1.63. The maximum Gasteiger partial charge on any atom is 0.225 e. The van der Waals surface area contributed by atoms with Gasteiger partial charge in [-0.05, 0) is 12.8 Å². The number of nitrogens with one attached hydrogen (secondary N) is 1. The molecule has 0 atom stereocenters. The Bertz CT molecular complexity index is 462. The second-order valence-corrected chi connectivity index (χ2v) is 5.41. The molecule has 0 spiro atoms. The quantitative estimate of drug-likeness (QED) is 0.715. The van der Waals surface area contributed by atoms with Crippen LogP contribution >= 0.6 is 0 Å². The standard InChI is InChI=1S/C12H18N4O/c1-12(2,3)11-15-9(13)7-5-4-6-8(17)14-10(7)16-11/h4-6H2,1-3H3,(H3,13,14,15,16,17). The number of anilines is 2. The van der Waals surface area contributed by atoms with E-state index in [1.807, 2.05) is 20.8 Å². The van der Waals surface area contributed by atoms with Crippen molar-refractivity contribution in [2.45, 2.75) is 45.4 Å². The molecule has 2 heterocycles. The summed E-state index contributed by atoms with van der Waals surface area (Å²) in [7, 11) is 0. The Kier molecular flexibility index (Phi) is 2.77. The summed E-state index contributed by atoms with van der Waals surface area (Å²) in [5.41, 5.74) is 6.64. The average Bonchev–Trinajstić information content (AvgIpc) is 2.37. The van der Waals surface area contributed by atoms with E-state index in [9.17, 15) is 4.79 Å². The summed E-state index contributed by atoms with van der Waals surface area (Å²) in [6.45, 7) is 6.06. The minimum atomic E-state index is -0.180. The van der Waals surface area contributed by atoms with E-state index in [1.165, 1.54) is 0 Å². The van der Waals surface area contributed by atoms with Crippen LogP contribution in [0.25, 0.3) is 0 Å². The molecule has 1 amide bonds. The molecule has 0 saturated heterocycles. The van der Waals surface area contributed by atoms with Gasteiger partial charge in [-0.1, -0.05) is 20.8 Å². The van der Waals surface area contributed by atoms with Gasteiger partial charge in [0.05, 0.1) is 0 Å². The van der Waals surface area contributed by atoms with Gasteiger partial charge < -0.3 is 11.1 Å². The Morgan fingerprint density at radius 3 is 2.59 bits per heavy atom. The third-order valence-electron chi connectivity index (χ3n) is 2.80. The third-order valence-corrected chi connectivity index (χ3v) is 2.80. The summed E-state index contributed by atoms with van der Waals surface area (Å²) >= 11 is 0. The van der Waals surface area contributed by atoms with E-state index in [4.69, 9.17) is 5.73 Å². The second-order valence-electron chi connectivity index (χ2n) is 5.41. The Balaban J connectivity index is 2.52. The summed E-state index contributed by atoms with van der Waals surface area (Å²) < 4.78 is 0. The van der Waals surface area contributed by atoms with Gasteiger partial charge in [-0.3, -0.25) is 4.79 Å². The molecule has 0 aromatic carbocycles. The molecular formula is C12H18N4O. The molecule has 0 saturated carbocycles. The van der Waals surface area contributed by atoms with Crippen molar-refractivity contribution in [1.82, 2.24) is 9.97 Å². The van der Waals surface area contributed by atoms with E-state index >= 15 is 0 Å². The van der Waals surface area contributed by atoms with Gasteiger partial charge in [0.15, 0.2) is 0 Å². The molecule has 0 fully saturated rings. The molecule has 0 unspecified atom stereocenters. The highest BCUT2D eigenvalue weighted by molar-refractivity contribution is 5.91. The summed E-state index contributed by atoms with van der Waals surface area (Å²) in [6, 6.07) is 0.